The number of nitrogens with zero attached hydrogens (tertiary/aromatic N) is 1. The molecule has 2 rings (SSSR count). The third-order valence-electron chi connectivity index (χ3n) is 3.63. The average Bonchev–Trinajstić information content (AvgIpc) is 2.72. The van der Waals surface area contributed by atoms with Crippen molar-refractivity contribution >= 4 is 5.91 Å². The fourth-order valence-corrected chi connectivity index (χ4v) is 2.76. The van der Waals surface area contributed by atoms with E-state index in [4.69, 9.17) is 5.73 Å². The van der Waals surface area contributed by atoms with Crippen LogP contribution in [0, 0.1) is 5.92 Å². The number of hydrogen-bond acceptors (Lipinski definition) is 3. The topological polar surface area (TPSA) is 58.4 Å². The quantitative estimate of drug-likeness (QED) is 0.816. The summed E-state index contributed by atoms with van der Waals surface area (Å²) in [4.78, 5) is 13.7. The van der Waals surface area contributed by atoms with Crippen LogP contribution < -0.4 is 11.1 Å². The minimum absolute atomic E-state index is 0.0696. The molecule has 0 aromatic heterocycles. The number of rotatable bonds is 4. The smallest absolute Gasteiger partial charge is 0.222 e. The van der Waals surface area contributed by atoms with E-state index in [1.807, 2.05) is 14.1 Å². The van der Waals surface area contributed by atoms with Crippen molar-refractivity contribution in [3.63, 3.8) is 0 Å². The van der Waals surface area contributed by atoms with Crippen molar-refractivity contribution in [3.05, 3.63) is 35.4 Å². The SMILES string of the molecule is CNCc1cccc([C@@H]2CN(C)C[C@H]2C(N)=O)c1. The number of amides is 1. The number of likely N-dealkylation sites (N-methyl/N-ethyl adjacent to an activating group) is 1. The van der Waals surface area contributed by atoms with Crippen molar-refractivity contribution < 1.29 is 4.79 Å². The summed E-state index contributed by atoms with van der Waals surface area (Å²) in [6.45, 7) is 2.50. The van der Waals surface area contributed by atoms with Gasteiger partial charge in [0.05, 0.1) is 5.92 Å². The number of carbonyl (C=O) groups is 1. The van der Waals surface area contributed by atoms with E-state index in [1.54, 1.807) is 0 Å². The summed E-state index contributed by atoms with van der Waals surface area (Å²) in [6, 6.07) is 8.42. The molecule has 0 unspecified atom stereocenters. The lowest BCUT2D eigenvalue weighted by Crippen LogP contribution is -2.28. The zero-order chi connectivity index (χ0) is 13.1. The number of carbonyl (C=O) groups excluding carboxylic acids is 1. The molecule has 0 saturated carbocycles. The Hall–Kier alpha value is -1.39. The van der Waals surface area contributed by atoms with Crippen molar-refractivity contribution in [1.82, 2.24) is 10.2 Å². The molecule has 3 N–H and O–H groups in total. The zero-order valence-corrected chi connectivity index (χ0v) is 11.0. The maximum absolute atomic E-state index is 11.5. The summed E-state index contributed by atoms with van der Waals surface area (Å²) in [6.07, 6.45) is 0. The molecule has 0 aliphatic carbocycles. The number of primary amides is 1. The predicted molar refractivity (Wildman–Crippen MR) is 72.1 cm³/mol. The van der Waals surface area contributed by atoms with Crippen LogP contribution in [0.2, 0.25) is 0 Å². The van der Waals surface area contributed by atoms with Crippen LogP contribution in [0.4, 0.5) is 0 Å². The molecule has 1 fully saturated rings. The van der Waals surface area contributed by atoms with Gasteiger partial charge in [0.25, 0.3) is 0 Å². The van der Waals surface area contributed by atoms with Gasteiger partial charge in [-0.2, -0.15) is 0 Å². The molecule has 0 spiro atoms. The van der Waals surface area contributed by atoms with E-state index in [2.05, 4.69) is 34.5 Å². The van der Waals surface area contributed by atoms with E-state index < -0.39 is 0 Å². The van der Waals surface area contributed by atoms with Gasteiger partial charge in [0.2, 0.25) is 5.91 Å². The molecule has 0 radical (unpaired) electrons. The molecule has 1 heterocycles. The first-order valence-electron chi connectivity index (χ1n) is 6.33. The number of hydrogen-bond donors (Lipinski definition) is 2. The number of benzene rings is 1. The minimum Gasteiger partial charge on any atom is -0.369 e. The normalized spacial score (nSPS) is 24.3. The maximum Gasteiger partial charge on any atom is 0.222 e. The minimum atomic E-state index is -0.191. The van der Waals surface area contributed by atoms with Gasteiger partial charge in [-0.3, -0.25) is 4.79 Å². The highest BCUT2D eigenvalue weighted by atomic mass is 16.1. The van der Waals surface area contributed by atoms with Crippen molar-refractivity contribution in [3.8, 4) is 0 Å². The maximum atomic E-state index is 11.5. The molecule has 1 aliphatic heterocycles. The Morgan fingerprint density at radius 3 is 2.94 bits per heavy atom. The molecular weight excluding hydrogens is 226 g/mol. The van der Waals surface area contributed by atoms with Crippen molar-refractivity contribution in [2.24, 2.45) is 11.7 Å². The van der Waals surface area contributed by atoms with Crippen LogP contribution in [0.1, 0.15) is 17.0 Å². The van der Waals surface area contributed by atoms with Gasteiger partial charge in [-0.15, -0.1) is 0 Å². The Kier molecular flexibility index (Phi) is 3.99. The number of nitrogens with one attached hydrogen (secondary N) is 1. The Labute approximate surface area is 108 Å². The molecule has 4 heteroatoms. The van der Waals surface area contributed by atoms with Gasteiger partial charge >= 0.3 is 0 Å². The van der Waals surface area contributed by atoms with Gasteiger partial charge in [0, 0.05) is 25.6 Å². The van der Waals surface area contributed by atoms with Gasteiger partial charge in [-0.1, -0.05) is 24.3 Å². The van der Waals surface area contributed by atoms with Crippen molar-refractivity contribution in [2.45, 2.75) is 12.5 Å². The van der Waals surface area contributed by atoms with Crippen LogP contribution in [0.15, 0.2) is 24.3 Å². The summed E-state index contributed by atoms with van der Waals surface area (Å²) in [5.74, 6) is -0.0347. The molecular formula is C14H21N3O. The zero-order valence-electron chi connectivity index (χ0n) is 11.0. The first-order chi connectivity index (χ1) is 8.61. The highest BCUT2D eigenvalue weighted by Crippen LogP contribution is 2.32. The van der Waals surface area contributed by atoms with Gasteiger partial charge in [0.15, 0.2) is 0 Å². The van der Waals surface area contributed by atoms with Crippen LogP contribution in [0.3, 0.4) is 0 Å². The lowest BCUT2D eigenvalue weighted by atomic mass is 9.88. The lowest BCUT2D eigenvalue weighted by Gasteiger charge is -2.16. The number of nitrogens with two attached hydrogens (primary N) is 1. The van der Waals surface area contributed by atoms with Gasteiger partial charge in [-0.25, -0.2) is 0 Å². The third-order valence-corrected chi connectivity index (χ3v) is 3.63. The van der Waals surface area contributed by atoms with Crippen molar-refractivity contribution in [2.75, 3.05) is 27.2 Å². The second-order valence-electron chi connectivity index (χ2n) is 5.11. The van der Waals surface area contributed by atoms with E-state index in [0.29, 0.717) is 0 Å². The largest absolute Gasteiger partial charge is 0.369 e. The molecule has 1 aliphatic rings. The summed E-state index contributed by atoms with van der Waals surface area (Å²) >= 11 is 0. The summed E-state index contributed by atoms with van der Waals surface area (Å²) in [7, 11) is 3.97. The highest BCUT2D eigenvalue weighted by Gasteiger charge is 2.35. The van der Waals surface area contributed by atoms with Crippen LogP contribution in [0.25, 0.3) is 0 Å². The molecule has 0 bridgehead atoms. The van der Waals surface area contributed by atoms with E-state index in [1.165, 1.54) is 11.1 Å². The Morgan fingerprint density at radius 1 is 1.50 bits per heavy atom. The third kappa shape index (κ3) is 2.71. The summed E-state index contributed by atoms with van der Waals surface area (Å²) in [5.41, 5.74) is 7.97. The Balaban J connectivity index is 2.24. The fraction of sp³-hybridized carbons (Fsp3) is 0.500. The standard InChI is InChI=1S/C14H21N3O/c1-16-7-10-4-3-5-11(6-10)12-8-17(2)9-13(12)14(15)18/h3-6,12-13,16H,7-9H2,1-2H3,(H2,15,18)/t12-,13+/m0/s1. The first-order valence-corrected chi connectivity index (χ1v) is 6.33. The van der Waals surface area contributed by atoms with Crippen LogP contribution in [-0.2, 0) is 11.3 Å². The van der Waals surface area contributed by atoms with E-state index in [-0.39, 0.29) is 17.7 Å². The summed E-state index contributed by atoms with van der Waals surface area (Å²) < 4.78 is 0. The van der Waals surface area contributed by atoms with E-state index in [9.17, 15) is 4.79 Å². The van der Waals surface area contributed by atoms with Gasteiger partial charge in [-0.05, 0) is 25.2 Å². The molecule has 4 nitrogen and oxygen atoms in total. The second-order valence-corrected chi connectivity index (χ2v) is 5.11. The van der Waals surface area contributed by atoms with Gasteiger partial charge < -0.3 is 16.0 Å². The first kappa shape index (κ1) is 13.1. The molecule has 2 atom stereocenters. The Morgan fingerprint density at radius 2 is 2.28 bits per heavy atom. The molecule has 1 saturated heterocycles. The van der Waals surface area contributed by atoms with E-state index in [0.717, 1.165) is 19.6 Å². The summed E-state index contributed by atoms with van der Waals surface area (Å²) in [5, 5.41) is 3.14. The lowest BCUT2D eigenvalue weighted by molar-refractivity contribution is -0.121. The molecule has 1 aromatic carbocycles. The molecule has 1 amide bonds. The average molecular weight is 247 g/mol. The van der Waals surface area contributed by atoms with Crippen molar-refractivity contribution in [1.29, 1.82) is 0 Å². The molecule has 98 valence electrons. The van der Waals surface area contributed by atoms with Gasteiger partial charge in [0.1, 0.15) is 0 Å². The second kappa shape index (κ2) is 5.50. The van der Waals surface area contributed by atoms with Crippen LogP contribution >= 0.6 is 0 Å². The predicted octanol–water partition coefficient (Wildman–Crippen LogP) is 0.537. The number of likely N-dealkylation sites (tertiary alicyclic amines) is 1. The fourth-order valence-electron chi connectivity index (χ4n) is 2.76. The molecule has 18 heavy (non-hydrogen) atoms. The van der Waals surface area contributed by atoms with E-state index >= 15 is 0 Å². The monoisotopic (exact) mass is 247 g/mol. The highest BCUT2D eigenvalue weighted by molar-refractivity contribution is 5.78. The Bertz CT molecular complexity index is 433. The van der Waals surface area contributed by atoms with Crippen LogP contribution in [0.5, 0.6) is 0 Å². The molecule has 1 aromatic rings. The van der Waals surface area contributed by atoms with Crippen LogP contribution in [-0.4, -0.2) is 38.0 Å².